The van der Waals surface area contributed by atoms with E-state index in [4.69, 9.17) is 0 Å². The number of H-pyrrole nitrogens is 1. The van der Waals surface area contributed by atoms with Gasteiger partial charge in [-0.15, -0.1) is 0 Å². The molecule has 1 aromatic heterocycles. The number of hydrogen-bond donors (Lipinski definition) is 1. The van der Waals surface area contributed by atoms with Crippen LogP contribution in [0.25, 0.3) is 10.9 Å². The summed E-state index contributed by atoms with van der Waals surface area (Å²) >= 11 is 0. The lowest BCUT2D eigenvalue weighted by Crippen LogP contribution is -2.45. The Labute approximate surface area is 128 Å². The molecule has 2 rings (SSSR count). The van der Waals surface area contributed by atoms with Gasteiger partial charge in [0.25, 0.3) is 0 Å². The number of hydrogen-bond acceptors (Lipinski definition) is 1. The molecule has 1 aromatic carbocycles. The third-order valence-corrected chi connectivity index (χ3v) is 4.30. The molecular weight excluding hydrogens is 260 g/mol. The van der Waals surface area contributed by atoms with Crippen molar-refractivity contribution in [2.45, 2.75) is 46.0 Å². The molecule has 3 nitrogen and oxygen atoms in total. The molecule has 1 N–H and O–H groups in total. The van der Waals surface area contributed by atoms with E-state index in [2.05, 4.69) is 43.2 Å². The monoisotopic (exact) mass is 288 g/mol. The van der Waals surface area contributed by atoms with Crippen molar-refractivity contribution in [3.05, 3.63) is 41.2 Å². The number of quaternary nitrogens is 1. The Morgan fingerprint density at radius 1 is 1.00 bits per heavy atom. The minimum atomic E-state index is -0.0266. The first kappa shape index (κ1) is 16.1. The van der Waals surface area contributed by atoms with Gasteiger partial charge in [0.15, 0.2) is 0 Å². The standard InChI is InChI=1S/C18H28N2O/c1-3-5-12-20(21,13-6-4-2)14-11-16-15-19-18-10-8-7-9-17(16)18/h7-10,15,19H,3-6,11-14H2,1-2H3. The number of rotatable bonds is 9. The first-order chi connectivity index (χ1) is 10.2. The van der Waals surface area contributed by atoms with Crippen LogP contribution in [0.2, 0.25) is 0 Å². The van der Waals surface area contributed by atoms with Crippen molar-refractivity contribution in [1.82, 2.24) is 4.98 Å². The first-order valence-corrected chi connectivity index (χ1v) is 8.30. The zero-order chi connectivity index (χ0) is 15.1. The van der Waals surface area contributed by atoms with Crippen LogP contribution in [0.5, 0.6) is 0 Å². The molecule has 0 fully saturated rings. The second-order valence-corrected chi connectivity index (χ2v) is 6.05. The summed E-state index contributed by atoms with van der Waals surface area (Å²) in [5.74, 6) is 0. The molecule has 0 saturated heterocycles. The molecule has 0 aliphatic rings. The van der Waals surface area contributed by atoms with Gasteiger partial charge in [-0.2, -0.15) is 0 Å². The molecule has 0 bridgehead atoms. The minimum Gasteiger partial charge on any atom is -0.633 e. The van der Waals surface area contributed by atoms with E-state index < -0.39 is 0 Å². The Morgan fingerprint density at radius 3 is 2.33 bits per heavy atom. The summed E-state index contributed by atoms with van der Waals surface area (Å²) < 4.78 is -0.0266. The number of benzene rings is 1. The van der Waals surface area contributed by atoms with Gasteiger partial charge in [-0.3, -0.25) is 0 Å². The molecule has 2 aromatic rings. The van der Waals surface area contributed by atoms with Crippen molar-refractivity contribution in [3.8, 4) is 0 Å². The number of unbranched alkanes of at least 4 members (excludes halogenated alkanes) is 2. The van der Waals surface area contributed by atoms with Crippen LogP contribution in [0.1, 0.15) is 45.1 Å². The van der Waals surface area contributed by atoms with Crippen molar-refractivity contribution in [2.24, 2.45) is 0 Å². The van der Waals surface area contributed by atoms with Gasteiger partial charge in [0.1, 0.15) is 0 Å². The lowest BCUT2D eigenvalue weighted by atomic mass is 10.1. The summed E-state index contributed by atoms with van der Waals surface area (Å²) in [7, 11) is 0. The van der Waals surface area contributed by atoms with E-state index in [9.17, 15) is 5.21 Å². The van der Waals surface area contributed by atoms with Gasteiger partial charge in [-0.05, 0) is 24.5 Å². The fraction of sp³-hybridized carbons (Fsp3) is 0.556. The quantitative estimate of drug-likeness (QED) is 0.530. The van der Waals surface area contributed by atoms with E-state index in [1.807, 2.05) is 6.07 Å². The van der Waals surface area contributed by atoms with Gasteiger partial charge in [0.2, 0.25) is 0 Å². The van der Waals surface area contributed by atoms with Gasteiger partial charge in [0, 0.05) is 23.5 Å². The number of para-hydroxylation sites is 1. The highest BCUT2D eigenvalue weighted by atomic mass is 16.5. The van der Waals surface area contributed by atoms with Gasteiger partial charge in [-0.25, -0.2) is 0 Å². The normalized spacial score (nSPS) is 12.1. The van der Waals surface area contributed by atoms with Crippen molar-refractivity contribution < 1.29 is 4.65 Å². The van der Waals surface area contributed by atoms with Gasteiger partial charge < -0.3 is 14.8 Å². The highest BCUT2D eigenvalue weighted by Gasteiger charge is 2.16. The van der Waals surface area contributed by atoms with Crippen LogP contribution in [0.3, 0.4) is 0 Å². The molecule has 0 aliphatic carbocycles. The summed E-state index contributed by atoms with van der Waals surface area (Å²) in [6, 6.07) is 8.33. The maximum atomic E-state index is 13.0. The molecule has 0 amide bonds. The molecule has 3 heteroatoms. The summed E-state index contributed by atoms with van der Waals surface area (Å²) in [6.07, 6.45) is 7.18. The Kier molecular flexibility index (Phi) is 5.83. The van der Waals surface area contributed by atoms with Crippen molar-refractivity contribution >= 4 is 10.9 Å². The van der Waals surface area contributed by atoms with Gasteiger partial charge in [-0.1, -0.05) is 44.9 Å². The number of nitrogens with zero attached hydrogens (tertiary/aromatic N) is 1. The molecule has 0 atom stereocenters. The molecule has 116 valence electrons. The van der Waals surface area contributed by atoms with Gasteiger partial charge >= 0.3 is 0 Å². The van der Waals surface area contributed by atoms with Crippen LogP contribution in [0, 0.1) is 5.21 Å². The number of hydroxylamine groups is 3. The van der Waals surface area contributed by atoms with Crippen LogP contribution in [-0.4, -0.2) is 29.3 Å². The number of fused-ring (bicyclic) bond motifs is 1. The zero-order valence-electron chi connectivity index (χ0n) is 13.4. The smallest absolute Gasteiger partial charge is 0.0825 e. The van der Waals surface area contributed by atoms with Crippen LogP contribution < -0.4 is 0 Å². The fourth-order valence-electron chi connectivity index (χ4n) is 2.89. The molecule has 21 heavy (non-hydrogen) atoms. The zero-order valence-corrected chi connectivity index (χ0v) is 13.4. The SMILES string of the molecule is CCCC[N+]([O-])(CCCC)CCc1c[nH]c2ccccc12. The van der Waals surface area contributed by atoms with E-state index in [0.717, 1.165) is 45.2 Å². The van der Waals surface area contributed by atoms with Crippen molar-refractivity contribution in [1.29, 1.82) is 0 Å². The predicted octanol–water partition coefficient (Wildman–Crippen LogP) is 4.63. The Hall–Kier alpha value is -1.32. The summed E-state index contributed by atoms with van der Waals surface area (Å²) in [6.45, 7) is 6.53. The molecule has 0 spiro atoms. The van der Waals surface area contributed by atoms with E-state index in [0.29, 0.717) is 6.54 Å². The first-order valence-electron chi connectivity index (χ1n) is 8.30. The maximum Gasteiger partial charge on any atom is 0.0825 e. The molecule has 1 heterocycles. The average Bonchev–Trinajstić information content (AvgIpc) is 2.93. The third-order valence-electron chi connectivity index (χ3n) is 4.30. The van der Waals surface area contributed by atoms with E-state index in [-0.39, 0.29) is 4.65 Å². The minimum absolute atomic E-state index is 0.0266. The Bertz CT molecular complexity index is 539. The molecule has 0 unspecified atom stereocenters. The van der Waals surface area contributed by atoms with Crippen LogP contribution in [0.4, 0.5) is 0 Å². The third kappa shape index (κ3) is 4.32. The topological polar surface area (TPSA) is 38.8 Å². The fourth-order valence-corrected chi connectivity index (χ4v) is 2.89. The predicted molar refractivity (Wildman–Crippen MR) is 90.0 cm³/mol. The second kappa shape index (κ2) is 7.62. The van der Waals surface area contributed by atoms with Crippen LogP contribution >= 0.6 is 0 Å². The average molecular weight is 288 g/mol. The summed E-state index contributed by atoms with van der Waals surface area (Å²) in [4.78, 5) is 3.30. The summed E-state index contributed by atoms with van der Waals surface area (Å²) in [5.41, 5.74) is 2.44. The molecule has 0 radical (unpaired) electrons. The number of nitrogens with one attached hydrogen (secondary N) is 1. The Balaban J connectivity index is 2.03. The molecule has 0 saturated carbocycles. The lowest BCUT2D eigenvalue weighted by Gasteiger charge is -2.43. The van der Waals surface area contributed by atoms with Crippen molar-refractivity contribution in [2.75, 3.05) is 19.6 Å². The van der Waals surface area contributed by atoms with Crippen LogP contribution in [-0.2, 0) is 6.42 Å². The lowest BCUT2D eigenvalue weighted by molar-refractivity contribution is -0.881. The number of aromatic amines is 1. The highest BCUT2D eigenvalue weighted by Crippen LogP contribution is 2.20. The summed E-state index contributed by atoms with van der Waals surface area (Å²) in [5, 5.41) is 14.2. The second-order valence-electron chi connectivity index (χ2n) is 6.05. The van der Waals surface area contributed by atoms with E-state index >= 15 is 0 Å². The van der Waals surface area contributed by atoms with Gasteiger partial charge in [0.05, 0.1) is 19.6 Å². The van der Waals surface area contributed by atoms with E-state index in [1.165, 1.54) is 16.5 Å². The maximum absolute atomic E-state index is 13.0. The molecule has 0 aliphatic heterocycles. The van der Waals surface area contributed by atoms with E-state index in [1.54, 1.807) is 0 Å². The van der Waals surface area contributed by atoms with Crippen LogP contribution in [0.15, 0.2) is 30.5 Å². The highest BCUT2D eigenvalue weighted by molar-refractivity contribution is 5.82. The number of aromatic nitrogens is 1. The largest absolute Gasteiger partial charge is 0.633 e. The Morgan fingerprint density at radius 2 is 1.67 bits per heavy atom. The molecular formula is C18H28N2O. The van der Waals surface area contributed by atoms with Crippen molar-refractivity contribution in [3.63, 3.8) is 0 Å².